The van der Waals surface area contributed by atoms with Crippen molar-refractivity contribution in [1.29, 1.82) is 0 Å². The summed E-state index contributed by atoms with van der Waals surface area (Å²) in [5, 5.41) is 18.8. The van der Waals surface area contributed by atoms with Crippen LogP contribution in [0.1, 0.15) is 15.9 Å². The van der Waals surface area contributed by atoms with Gasteiger partial charge in [-0.3, -0.25) is 9.10 Å². The number of azo groups is 1. The van der Waals surface area contributed by atoms with Crippen LogP contribution in [0.25, 0.3) is 10.9 Å². The lowest BCUT2D eigenvalue weighted by Gasteiger charge is -2.22. The van der Waals surface area contributed by atoms with Crippen LogP contribution >= 0.6 is 11.6 Å². The van der Waals surface area contributed by atoms with Crippen LogP contribution in [0.5, 0.6) is 5.88 Å². The molecule has 0 radical (unpaired) electrons. The molecule has 0 unspecified atom stereocenters. The van der Waals surface area contributed by atoms with Crippen LogP contribution in [-0.2, 0) is 16.6 Å². The maximum atomic E-state index is 12.5. The highest BCUT2D eigenvalue weighted by molar-refractivity contribution is 7.92. The molecule has 1 aromatic heterocycles. The first-order valence-corrected chi connectivity index (χ1v) is 12.0. The third-order valence-electron chi connectivity index (χ3n) is 4.94. The quantitative estimate of drug-likeness (QED) is 0.357. The minimum absolute atomic E-state index is 0.114. The molecule has 0 atom stereocenters. The number of aromatic nitrogens is 1. The standard InChI is InChI=1S/C23H19ClN4O4S/c1-33(31,32)28(14-15-6-10-17(24)11-7-15)18-12-8-16(9-13-18)22(29)27-26-21-19-4-2-3-5-20(19)25-23(21)30/h2-13,25,30H,14H2,1H3. The number of para-hydroxylation sites is 1. The number of benzene rings is 3. The number of sulfonamides is 1. The predicted octanol–water partition coefficient (Wildman–Crippen LogP) is 5.42. The summed E-state index contributed by atoms with van der Waals surface area (Å²) in [5.74, 6) is -0.816. The number of fused-ring (bicyclic) bond motifs is 1. The first-order valence-electron chi connectivity index (χ1n) is 9.80. The summed E-state index contributed by atoms with van der Waals surface area (Å²) in [7, 11) is -3.58. The van der Waals surface area contributed by atoms with E-state index in [0.29, 0.717) is 21.6 Å². The fourth-order valence-corrected chi connectivity index (χ4v) is 4.31. The first kappa shape index (κ1) is 22.5. The van der Waals surface area contributed by atoms with Crippen LogP contribution < -0.4 is 4.31 Å². The van der Waals surface area contributed by atoms with Crippen LogP contribution in [0.4, 0.5) is 11.4 Å². The van der Waals surface area contributed by atoms with Gasteiger partial charge in [-0.05, 0) is 48.0 Å². The van der Waals surface area contributed by atoms with Crippen molar-refractivity contribution in [1.82, 2.24) is 4.98 Å². The van der Waals surface area contributed by atoms with E-state index < -0.39 is 15.9 Å². The van der Waals surface area contributed by atoms with Crippen LogP contribution in [-0.4, -0.2) is 30.7 Å². The molecule has 0 aliphatic heterocycles. The second-order valence-electron chi connectivity index (χ2n) is 7.32. The molecule has 0 spiro atoms. The summed E-state index contributed by atoms with van der Waals surface area (Å²) < 4.78 is 26.0. The van der Waals surface area contributed by atoms with Crippen LogP contribution in [0, 0.1) is 0 Å². The molecular formula is C23H19ClN4O4S. The van der Waals surface area contributed by atoms with Gasteiger partial charge in [-0.1, -0.05) is 41.9 Å². The summed E-state index contributed by atoms with van der Waals surface area (Å²) in [6.07, 6.45) is 1.11. The Bertz CT molecular complexity index is 1450. The maximum Gasteiger partial charge on any atom is 0.295 e. The lowest BCUT2D eigenvalue weighted by Crippen LogP contribution is -2.29. The Hall–Kier alpha value is -3.69. The lowest BCUT2D eigenvalue weighted by atomic mass is 10.2. The van der Waals surface area contributed by atoms with E-state index in [1.807, 2.05) is 0 Å². The second kappa shape index (κ2) is 9.05. The zero-order chi connectivity index (χ0) is 23.6. The van der Waals surface area contributed by atoms with E-state index in [-0.39, 0.29) is 23.7 Å². The van der Waals surface area contributed by atoms with Gasteiger partial charge in [0.2, 0.25) is 15.9 Å². The Morgan fingerprint density at radius 2 is 1.70 bits per heavy atom. The Balaban J connectivity index is 1.55. The third kappa shape index (κ3) is 5.05. The van der Waals surface area contributed by atoms with Crippen molar-refractivity contribution in [3.8, 4) is 5.88 Å². The van der Waals surface area contributed by atoms with Crippen molar-refractivity contribution in [2.24, 2.45) is 10.2 Å². The molecule has 0 saturated heterocycles. The summed E-state index contributed by atoms with van der Waals surface area (Å²) in [5.41, 5.74) is 2.22. The summed E-state index contributed by atoms with van der Waals surface area (Å²) >= 11 is 5.90. The molecule has 4 aromatic rings. The highest BCUT2D eigenvalue weighted by atomic mass is 35.5. The van der Waals surface area contributed by atoms with Crippen LogP contribution in [0.2, 0.25) is 5.02 Å². The molecule has 33 heavy (non-hydrogen) atoms. The number of nitrogens with one attached hydrogen (secondary N) is 1. The highest BCUT2D eigenvalue weighted by Gasteiger charge is 2.19. The van der Waals surface area contributed by atoms with Crippen LogP contribution in [0.3, 0.4) is 0 Å². The summed E-state index contributed by atoms with van der Waals surface area (Å²) in [4.78, 5) is 15.3. The Labute approximate surface area is 195 Å². The minimum atomic E-state index is -3.58. The van der Waals surface area contributed by atoms with E-state index in [1.165, 1.54) is 28.6 Å². The van der Waals surface area contributed by atoms with Crippen molar-refractivity contribution in [3.05, 3.63) is 88.9 Å². The molecule has 1 amide bonds. The number of hydrogen-bond donors (Lipinski definition) is 2. The summed E-state index contributed by atoms with van der Waals surface area (Å²) in [6, 6.07) is 20.0. The van der Waals surface area contributed by atoms with Gasteiger partial charge in [0.05, 0.1) is 24.0 Å². The first-order chi connectivity index (χ1) is 15.7. The van der Waals surface area contributed by atoms with E-state index in [0.717, 1.165) is 11.8 Å². The largest absolute Gasteiger partial charge is 0.493 e. The predicted molar refractivity (Wildman–Crippen MR) is 128 cm³/mol. The molecule has 168 valence electrons. The van der Waals surface area contributed by atoms with E-state index in [4.69, 9.17) is 11.6 Å². The normalized spacial score (nSPS) is 11.8. The Kier molecular flexibility index (Phi) is 6.17. The van der Waals surface area contributed by atoms with Crippen molar-refractivity contribution < 1.29 is 18.3 Å². The van der Waals surface area contributed by atoms with Gasteiger partial charge in [0.15, 0.2) is 5.69 Å². The number of aromatic hydroxyl groups is 1. The van der Waals surface area contributed by atoms with E-state index in [1.54, 1.807) is 48.5 Å². The number of H-pyrrole nitrogens is 1. The molecule has 0 fully saturated rings. The van der Waals surface area contributed by atoms with Gasteiger partial charge < -0.3 is 10.1 Å². The molecule has 3 aromatic carbocycles. The SMILES string of the molecule is CS(=O)(=O)N(Cc1ccc(Cl)cc1)c1ccc(C(=O)N=Nc2c(O)[nH]c3ccccc23)cc1. The van der Waals surface area contributed by atoms with Gasteiger partial charge in [0.1, 0.15) is 0 Å². The van der Waals surface area contributed by atoms with Crippen molar-refractivity contribution in [2.45, 2.75) is 6.54 Å². The number of aromatic amines is 1. The zero-order valence-electron chi connectivity index (χ0n) is 17.4. The average molecular weight is 483 g/mol. The highest BCUT2D eigenvalue weighted by Crippen LogP contribution is 2.35. The van der Waals surface area contributed by atoms with E-state index in [9.17, 15) is 18.3 Å². The maximum absolute atomic E-state index is 12.5. The van der Waals surface area contributed by atoms with Gasteiger partial charge in [0, 0.05) is 16.0 Å². The molecule has 1 heterocycles. The molecule has 0 aliphatic carbocycles. The number of halogens is 1. The lowest BCUT2D eigenvalue weighted by molar-refractivity contribution is 0.0995. The van der Waals surface area contributed by atoms with Gasteiger partial charge in [-0.25, -0.2) is 8.42 Å². The fraction of sp³-hybridized carbons (Fsp3) is 0.0870. The van der Waals surface area contributed by atoms with Crippen molar-refractivity contribution in [2.75, 3.05) is 10.6 Å². The molecule has 4 rings (SSSR count). The fourth-order valence-electron chi connectivity index (χ4n) is 3.29. The second-order valence-corrected chi connectivity index (χ2v) is 9.66. The third-order valence-corrected chi connectivity index (χ3v) is 6.33. The number of amides is 1. The molecule has 0 aliphatic rings. The monoisotopic (exact) mass is 482 g/mol. The number of nitrogens with zero attached hydrogens (tertiary/aromatic N) is 3. The zero-order valence-corrected chi connectivity index (χ0v) is 19.0. The Morgan fingerprint density at radius 1 is 1.03 bits per heavy atom. The molecular weight excluding hydrogens is 464 g/mol. The number of carbonyl (C=O) groups is 1. The topological polar surface area (TPSA) is 115 Å². The average Bonchev–Trinajstić information content (AvgIpc) is 3.11. The number of rotatable bonds is 6. The van der Waals surface area contributed by atoms with Crippen molar-refractivity contribution in [3.63, 3.8) is 0 Å². The van der Waals surface area contributed by atoms with E-state index in [2.05, 4.69) is 15.2 Å². The number of carbonyl (C=O) groups excluding carboxylic acids is 1. The molecule has 0 bridgehead atoms. The molecule has 10 heteroatoms. The summed E-state index contributed by atoms with van der Waals surface area (Å²) in [6.45, 7) is 0.114. The van der Waals surface area contributed by atoms with Gasteiger partial charge in [-0.2, -0.15) is 0 Å². The van der Waals surface area contributed by atoms with Gasteiger partial charge in [-0.15, -0.1) is 10.2 Å². The van der Waals surface area contributed by atoms with Gasteiger partial charge in [0.25, 0.3) is 5.91 Å². The van der Waals surface area contributed by atoms with Crippen LogP contribution in [0.15, 0.2) is 83.0 Å². The number of hydrogen-bond acceptors (Lipinski definition) is 5. The number of anilines is 1. The van der Waals surface area contributed by atoms with E-state index >= 15 is 0 Å². The Morgan fingerprint density at radius 3 is 2.36 bits per heavy atom. The van der Waals surface area contributed by atoms with Gasteiger partial charge >= 0.3 is 0 Å². The minimum Gasteiger partial charge on any atom is -0.493 e. The smallest absolute Gasteiger partial charge is 0.295 e. The molecule has 8 nitrogen and oxygen atoms in total. The molecule has 0 saturated carbocycles. The molecule has 2 N–H and O–H groups in total. The van der Waals surface area contributed by atoms with Crippen molar-refractivity contribution >= 4 is 49.8 Å².